The van der Waals surface area contributed by atoms with Crippen LogP contribution in [0.2, 0.25) is 0 Å². The minimum atomic E-state index is 0.351. The van der Waals surface area contributed by atoms with Crippen LogP contribution in [0.1, 0.15) is 17.0 Å². The Labute approximate surface area is 93.2 Å². The average Bonchev–Trinajstić information content (AvgIpc) is 2.72. The van der Waals surface area contributed by atoms with Crippen LogP contribution in [-0.4, -0.2) is 10.3 Å². The van der Waals surface area contributed by atoms with Crippen LogP contribution in [0.4, 0.5) is 0 Å². The van der Waals surface area contributed by atoms with Gasteiger partial charge in [0.05, 0.1) is 0 Å². The lowest BCUT2D eigenvalue weighted by Crippen LogP contribution is -2.00. The Morgan fingerprint density at radius 3 is 2.94 bits per heavy atom. The molecule has 0 unspecified atom stereocenters. The van der Waals surface area contributed by atoms with Crippen molar-refractivity contribution in [3.8, 4) is 5.75 Å². The van der Waals surface area contributed by atoms with E-state index in [0.29, 0.717) is 18.8 Å². The monoisotopic (exact) mass is 219 g/mol. The molecule has 5 nitrogen and oxygen atoms in total. The summed E-state index contributed by atoms with van der Waals surface area (Å²) in [5.74, 6) is 0.769. The predicted molar refractivity (Wildman–Crippen MR) is 57.7 cm³/mol. The minimum absolute atomic E-state index is 0.351. The van der Waals surface area contributed by atoms with E-state index in [1.165, 1.54) is 0 Å². The molecule has 16 heavy (non-hydrogen) atoms. The quantitative estimate of drug-likeness (QED) is 0.841. The Bertz CT molecular complexity index is 468. The standard InChI is InChI=1S/C11H13N3O2/c1-8-11(14-16-13-8)7-15-10-4-2-3-9(5-10)6-12/h2-5H,6-7,12H2,1H3. The maximum absolute atomic E-state index is 5.56. The summed E-state index contributed by atoms with van der Waals surface area (Å²) in [7, 11) is 0. The van der Waals surface area contributed by atoms with Gasteiger partial charge in [-0.15, -0.1) is 0 Å². The van der Waals surface area contributed by atoms with Gasteiger partial charge in [-0.1, -0.05) is 22.4 Å². The van der Waals surface area contributed by atoms with E-state index in [-0.39, 0.29) is 0 Å². The van der Waals surface area contributed by atoms with Crippen LogP contribution in [-0.2, 0) is 13.2 Å². The topological polar surface area (TPSA) is 74.2 Å². The fourth-order valence-corrected chi connectivity index (χ4v) is 1.29. The van der Waals surface area contributed by atoms with Gasteiger partial charge in [-0.3, -0.25) is 0 Å². The smallest absolute Gasteiger partial charge is 0.145 e. The number of hydrogen-bond acceptors (Lipinski definition) is 5. The Balaban J connectivity index is 2.02. The van der Waals surface area contributed by atoms with Crippen LogP contribution in [0.5, 0.6) is 5.75 Å². The summed E-state index contributed by atoms with van der Waals surface area (Å²) in [6.07, 6.45) is 0. The molecule has 0 atom stereocenters. The third-order valence-electron chi connectivity index (χ3n) is 2.26. The van der Waals surface area contributed by atoms with E-state index >= 15 is 0 Å². The van der Waals surface area contributed by atoms with Crippen molar-refractivity contribution in [1.82, 2.24) is 10.3 Å². The third kappa shape index (κ3) is 2.38. The molecule has 0 radical (unpaired) electrons. The van der Waals surface area contributed by atoms with E-state index in [0.717, 1.165) is 17.0 Å². The van der Waals surface area contributed by atoms with E-state index in [9.17, 15) is 0 Å². The largest absolute Gasteiger partial charge is 0.487 e. The van der Waals surface area contributed by atoms with E-state index in [1.54, 1.807) is 0 Å². The zero-order chi connectivity index (χ0) is 11.4. The zero-order valence-electron chi connectivity index (χ0n) is 9.01. The number of rotatable bonds is 4. The van der Waals surface area contributed by atoms with Crippen molar-refractivity contribution >= 4 is 0 Å². The second-order valence-corrected chi connectivity index (χ2v) is 3.44. The first-order chi connectivity index (χ1) is 7.79. The maximum atomic E-state index is 5.56. The van der Waals surface area contributed by atoms with Crippen LogP contribution in [0, 0.1) is 6.92 Å². The molecule has 84 valence electrons. The van der Waals surface area contributed by atoms with Crippen LogP contribution < -0.4 is 10.5 Å². The Hall–Kier alpha value is -1.88. The number of hydrogen-bond donors (Lipinski definition) is 1. The van der Waals surface area contributed by atoms with Crippen molar-refractivity contribution in [3.63, 3.8) is 0 Å². The molecule has 1 heterocycles. The van der Waals surface area contributed by atoms with Crippen molar-refractivity contribution in [2.24, 2.45) is 5.73 Å². The molecule has 1 aromatic carbocycles. The molecule has 0 bridgehead atoms. The molecular weight excluding hydrogens is 206 g/mol. The van der Waals surface area contributed by atoms with Gasteiger partial charge in [0, 0.05) is 6.54 Å². The molecule has 0 saturated heterocycles. The third-order valence-corrected chi connectivity index (χ3v) is 2.26. The summed E-state index contributed by atoms with van der Waals surface area (Å²) in [5.41, 5.74) is 8.03. The average molecular weight is 219 g/mol. The van der Waals surface area contributed by atoms with Gasteiger partial charge < -0.3 is 10.5 Å². The van der Waals surface area contributed by atoms with Crippen molar-refractivity contribution in [2.75, 3.05) is 0 Å². The highest BCUT2D eigenvalue weighted by molar-refractivity contribution is 5.28. The van der Waals surface area contributed by atoms with E-state index < -0.39 is 0 Å². The minimum Gasteiger partial charge on any atom is -0.487 e. The van der Waals surface area contributed by atoms with Crippen LogP contribution >= 0.6 is 0 Å². The number of benzene rings is 1. The molecule has 5 heteroatoms. The molecule has 1 aromatic heterocycles. The van der Waals surface area contributed by atoms with Crippen LogP contribution in [0.15, 0.2) is 28.9 Å². The summed E-state index contributed by atoms with van der Waals surface area (Å²) >= 11 is 0. The molecule has 0 fully saturated rings. The Kier molecular flexibility index (Phi) is 3.16. The number of ether oxygens (including phenoxy) is 1. The fourth-order valence-electron chi connectivity index (χ4n) is 1.29. The number of aromatic nitrogens is 2. The molecule has 2 rings (SSSR count). The Morgan fingerprint density at radius 2 is 2.25 bits per heavy atom. The summed E-state index contributed by atoms with van der Waals surface area (Å²) in [6, 6.07) is 7.64. The van der Waals surface area contributed by atoms with E-state index in [4.69, 9.17) is 10.5 Å². The summed E-state index contributed by atoms with van der Waals surface area (Å²) in [4.78, 5) is 0. The molecule has 2 N–H and O–H groups in total. The normalized spacial score (nSPS) is 10.4. The maximum Gasteiger partial charge on any atom is 0.145 e. The van der Waals surface area contributed by atoms with Crippen molar-refractivity contribution in [3.05, 3.63) is 41.2 Å². The molecule has 2 aromatic rings. The first kappa shape index (κ1) is 10.6. The van der Waals surface area contributed by atoms with Gasteiger partial charge in [-0.05, 0) is 24.6 Å². The van der Waals surface area contributed by atoms with Gasteiger partial charge in [-0.2, -0.15) is 0 Å². The Morgan fingerprint density at radius 1 is 1.38 bits per heavy atom. The molecule has 0 aliphatic heterocycles. The SMILES string of the molecule is Cc1nonc1COc1cccc(CN)c1. The number of aryl methyl sites for hydroxylation is 1. The highest BCUT2D eigenvalue weighted by Crippen LogP contribution is 2.14. The highest BCUT2D eigenvalue weighted by atomic mass is 16.6. The van der Waals surface area contributed by atoms with Gasteiger partial charge in [0.1, 0.15) is 23.7 Å². The van der Waals surface area contributed by atoms with Crippen molar-refractivity contribution in [2.45, 2.75) is 20.1 Å². The van der Waals surface area contributed by atoms with Gasteiger partial charge >= 0.3 is 0 Å². The lowest BCUT2D eigenvalue weighted by atomic mass is 10.2. The van der Waals surface area contributed by atoms with Gasteiger partial charge in [0.25, 0.3) is 0 Å². The first-order valence-electron chi connectivity index (χ1n) is 4.99. The highest BCUT2D eigenvalue weighted by Gasteiger charge is 2.05. The van der Waals surface area contributed by atoms with Gasteiger partial charge in [-0.25, -0.2) is 4.63 Å². The van der Waals surface area contributed by atoms with Crippen molar-refractivity contribution < 1.29 is 9.37 Å². The lowest BCUT2D eigenvalue weighted by Gasteiger charge is -2.05. The van der Waals surface area contributed by atoms with Gasteiger partial charge in [0.15, 0.2) is 0 Å². The van der Waals surface area contributed by atoms with E-state index in [2.05, 4.69) is 14.9 Å². The molecule has 0 saturated carbocycles. The molecular formula is C11H13N3O2. The lowest BCUT2D eigenvalue weighted by molar-refractivity contribution is 0.270. The number of nitrogens with two attached hydrogens (primary N) is 1. The molecule has 0 spiro atoms. The summed E-state index contributed by atoms with van der Waals surface area (Å²) < 4.78 is 10.1. The van der Waals surface area contributed by atoms with Crippen LogP contribution in [0.25, 0.3) is 0 Å². The molecule has 0 aliphatic rings. The predicted octanol–water partition coefficient (Wildman–Crippen LogP) is 1.42. The summed E-state index contributed by atoms with van der Waals surface area (Å²) in [5, 5.41) is 7.41. The zero-order valence-corrected chi connectivity index (χ0v) is 9.01. The molecule has 0 aliphatic carbocycles. The van der Waals surface area contributed by atoms with Crippen molar-refractivity contribution in [1.29, 1.82) is 0 Å². The first-order valence-corrected chi connectivity index (χ1v) is 4.99. The van der Waals surface area contributed by atoms with Gasteiger partial charge in [0.2, 0.25) is 0 Å². The second-order valence-electron chi connectivity index (χ2n) is 3.44. The van der Waals surface area contributed by atoms with E-state index in [1.807, 2.05) is 31.2 Å². The molecule has 0 amide bonds. The number of nitrogens with zero attached hydrogens (tertiary/aromatic N) is 2. The summed E-state index contributed by atoms with van der Waals surface area (Å²) in [6.45, 7) is 2.68. The van der Waals surface area contributed by atoms with Crippen LogP contribution in [0.3, 0.4) is 0 Å². The fraction of sp³-hybridized carbons (Fsp3) is 0.273. The second kappa shape index (κ2) is 4.76.